The molecule has 1 unspecified atom stereocenters. The molecule has 0 aliphatic heterocycles. The number of ether oxygens (including phenoxy) is 1. The molecule has 0 saturated carbocycles. The fourth-order valence-electron chi connectivity index (χ4n) is 0.948. The Labute approximate surface area is 80.3 Å². The minimum Gasteiger partial charge on any atom is -0.463 e. The van der Waals surface area contributed by atoms with Crippen LogP contribution in [-0.4, -0.2) is 12.6 Å². The molecule has 2 heteroatoms. The topological polar surface area (TPSA) is 26.3 Å². The zero-order chi connectivity index (χ0) is 10.3. The van der Waals surface area contributed by atoms with Gasteiger partial charge in [0.05, 0.1) is 6.61 Å². The summed E-state index contributed by atoms with van der Waals surface area (Å²) in [6.07, 6.45) is 4.30. The lowest BCUT2D eigenvalue weighted by Crippen LogP contribution is -2.03. The zero-order valence-electron chi connectivity index (χ0n) is 8.67. The predicted octanol–water partition coefficient (Wildman–Crippen LogP) is 2.71. The van der Waals surface area contributed by atoms with Crippen LogP contribution < -0.4 is 0 Å². The second-order valence-corrected chi connectivity index (χ2v) is 3.07. The van der Waals surface area contributed by atoms with E-state index in [0.717, 1.165) is 12.0 Å². The van der Waals surface area contributed by atoms with Gasteiger partial charge in [0.25, 0.3) is 0 Å². The van der Waals surface area contributed by atoms with Crippen LogP contribution in [0.1, 0.15) is 27.2 Å². The van der Waals surface area contributed by atoms with Crippen molar-refractivity contribution >= 4 is 5.97 Å². The molecule has 0 aromatic heterocycles. The van der Waals surface area contributed by atoms with E-state index in [9.17, 15) is 4.79 Å². The van der Waals surface area contributed by atoms with Crippen LogP contribution in [-0.2, 0) is 9.53 Å². The number of hydrogen-bond donors (Lipinski definition) is 0. The summed E-state index contributed by atoms with van der Waals surface area (Å²) < 4.78 is 4.80. The molecule has 0 heterocycles. The molecule has 13 heavy (non-hydrogen) atoms. The average molecular weight is 182 g/mol. The number of carbonyl (C=O) groups is 1. The molecule has 0 fully saturated rings. The van der Waals surface area contributed by atoms with Crippen molar-refractivity contribution in [3.8, 4) is 0 Å². The Morgan fingerprint density at radius 2 is 2.23 bits per heavy atom. The van der Waals surface area contributed by atoms with Crippen molar-refractivity contribution in [2.45, 2.75) is 27.2 Å². The lowest BCUT2D eigenvalue weighted by atomic mass is 9.99. The van der Waals surface area contributed by atoms with Crippen LogP contribution in [0.2, 0.25) is 0 Å². The molecular formula is C11H18O2. The van der Waals surface area contributed by atoms with Crippen molar-refractivity contribution in [3.05, 3.63) is 24.3 Å². The summed E-state index contributed by atoms with van der Waals surface area (Å²) in [5.41, 5.74) is 1.04. The molecule has 0 bridgehead atoms. The summed E-state index contributed by atoms with van der Waals surface area (Å²) in [7, 11) is 0. The highest BCUT2D eigenvalue weighted by Crippen LogP contribution is 2.13. The van der Waals surface area contributed by atoms with Gasteiger partial charge >= 0.3 is 5.97 Å². The highest BCUT2D eigenvalue weighted by atomic mass is 16.5. The third kappa shape index (κ3) is 5.23. The Morgan fingerprint density at radius 3 is 2.69 bits per heavy atom. The van der Waals surface area contributed by atoms with Gasteiger partial charge < -0.3 is 4.74 Å². The predicted molar refractivity (Wildman–Crippen MR) is 54.4 cm³/mol. The molecule has 0 radical (unpaired) electrons. The molecule has 0 spiro atoms. The number of esters is 1. The van der Waals surface area contributed by atoms with E-state index in [2.05, 4.69) is 13.5 Å². The first-order valence-corrected chi connectivity index (χ1v) is 4.57. The van der Waals surface area contributed by atoms with E-state index in [1.165, 1.54) is 0 Å². The number of hydrogen-bond acceptors (Lipinski definition) is 2. The Hall–Kier alpha value is -1.05. The largest absolute Gasteiger partial charge is 0.463 e. The highest BCUT2D eigenvalue weighted by Gasteiger charge is 2.04. The van der Waals surface area contributed by atoms with Crippen LogP contribution in [0.4, 0.5) is 0 Å². The van der Waals surface area contributed by atoms with Gasteiger partial charge in [-0.15, -0.1) is 6.58 Å². The summed E-state index contributed by atoms with van der Waals surface area (Å²) >= 11 is 0. The van der Waals surface area contributed by atoms with Crippen LogP contribution in [0.3, 0.4) is 0 Å². The minimum atomic E-state index is -0.254. The van der Waals surface area contributed by atoms with Crippen molar-refractivity contribution in [1.29, 1.82) is 0 Å². The van der Waals surface area contributed by atoms with E-state index in [1.54, 1.807) is 13.0 Å². The van der Waals surface area contributed by atoms with Gasteiger partial charge in [-0.05, 0) is 26.2 Å². The second-order valence-electron chi connectivity index (χ2n) is 3.07. The molecule has 0 amide bonds. The van der Waals surface area contributed by atoms with E-state index < -0.39 is 0 Å². The van der Waals surface area contributed by atoms with E-state index in [4.69, 9.17) is 4.74 Å². The fraction of sp³-hybridized carbons (Fsp3) is 0.545. The Balaban J connectivity index is 4.13. The molecule has 0 aromatic rings. The first kappa shape index (κ1) is 11.9. The van der Waals surface area contributed by atoms with Crippen molar-refractivity contribution in [3.63, 3.8) is 0 Å². The monoisotopic (exact) mass is 182 g/mol. The van der Waals surface area contributed by atoms with Gasteiger partial charge in [-0.2, -0.15) is 0 Å². The summed E-state index contributed by atoms with van der Waals surface area (Å²) in [5, 5.41) is 0. The minimum absolute atomic E-state index is 0.254. The van der Waals surface area contributed by atoms with E-state index in [0.29, 0.717) is 12.5 Å². The van der Waals surface area contributed by atoms with Crippen molar-refractivity contribution in [2.75, 3.05) is 6.61 Å². The number of carbonyl (C=O) groups excluding carboxylic acids is 1. The van der Waals surface area contributed by atoms with E-state index >= 15 is 0 Å². The first-order valence-electron chi connectivity index (χ1n) is 4.57. The van der Waals surface area contributed by atoms with Gasteiger partial charge in [0.2, 0.25) is 0 Å². The van der Waals surface area contributed by atoms with Crippen LogP contribution in [0.25, 0.3) is 0 Å². The number of rotatable bonds is 5. The van der Waals surface area contributed by atoms with Gasteiger partial charge in [-0.1, -0.05) is 18.6 Å². The smallest absolute Gasteiger partial charge is 0.330 e. The van der Waals surface area contributed by atoms with Gasteiger partial charge in [0.1, 0.15) is 0 Å². The maximum absolute atomic E-state index is 11.0. The second kappa shape index (κ2) is 6.46. The van der Waals surface area contributed by atoms with Crippen LogP contribution in [0, 0.1) is 5.92 Å². The van der Waals surface area contributed by atoms with Gasteiger partial charge in [-0.3, -0.25) is 0 Å². The Morgan fingerprint density at radius 1 is 1.62 bits per heavy atom. The third-order valence-electron chi connectivity index (χ3n) is 1.93. The molecule has 0 aliphatic carbocycles. The van der Waals surface area contributed by atoms with Crippen LogP contribution in [0.5, 0.6) is 0 Å². The normalized spacial score (nSPS) is 13.6. The molecule has 0 saturated heterocycles. The standard InChI is InChI=1S/C11H18O2/c1-5-7-9(3)10(4)8-11(12)13-6-2/h5,8-9H,1,6-7H2,2-4H3/b10-8+. The fourth-order valence-corrected chi connectivity index (χ4v) is 0.948. The lowest BCUT2D eigenvalue weighted by Gasteiger charge is -2.08. The lowest BCUT2D eigenvalue weighted by molar-refractivity contribution is -0.137. The highest BCUT2D eigenvalue weighted by molar-refractivity contribution is 5.82. The Bertz CT molecular complexity index is 204. The van der Waals surface area contributed by atoms with Gasteiger partial charge in [-0.25, -0.2) is 4.79 Å². The van der Waals surface area contributed by atoms with Crippen LogP contribution >= 0.6 is 0 Å². The average Bonchev–Trinajstić information content (AvgIpc) is 2.05. The summed E-state index contributed by atoms with van der Waals surface area (Å²) in [5.74, 6) is 0.109. The molecule has 0 aromatic carbocycles. The zero-order valence-corrected chi connectivity index (χ0v) is 8.67. The SMILES string of the molecule is C=CCC(C)/C(C)=C/C(=O)OCC. The molecular weight excluding hydrogens is 164 g/mol. The summed E-state index contributed by atoms with van der Waals surface area (Å²) in [6.45, 7) is 9.88. The van der Waals surface area contributed by atoms with E-state index in [-0.39, 0.29) is 5.97 Å². The maximum Gasteiger partial charge on any atom is 0.330 e. The van der Waals surface area contributed by atoms with Gasteiger partial charge in [0, 0.05) is 6.08 Å². The van der Waals surface area contributed by atoms with Crippen LogP contribution in [0.15, 0.2) is 24.3 Å². The molecule has 0 aliphatic rings. The molecule has 2 nitrogen and oxygen atoms in total. The summed E-state index contributed by atoms with van der Waals surface area (Å²) in [4.78, 5) is 11.0. The molecule has 1 atom stereocenters. The molecule has 0 N–H and O–H groups in total. The quantitative estimate of drug-likeness (QED) is 0.371. The molecule has 0 rings (SSSR count). The van der Waals surface area contributed by atoms with Gasteiger partial charge in [0.15, 0.2) is 0 Å². The van der Waals surface area contributed by atoms with Crippen molar-refractivity contribution in [2.24, 2.45) is 5.92 Å². The van der Waals surface area contributed by atoms with Crippen molar-refractivity contribution < 1.29 is 9.53 Å². The Kier molecular flexibility index (Phi) is 5.94. The molecule has 74 valence electrons. The van der Waals surface area contributed by atoms with E-state index in [1.807, 2.05) is 13.0 Å². The van der Waals surface area contributed by atoms with Crippen molar-refractivity contribution in [1.82, 2.24) is 0 Å². The summed E-state index contributed by atoms with van der Waals surface area (Å²) in [6, 6.07) is 0. The maximum atomic E-state index is 11.0. The third-order valence-corrected chi connectivity index (χ3v) is 1.93. The number of allylic oxidation sites excluding steroid dienone is 2. The first-order chi connectivity index (χ1) is 6.11.